The van der Waals surface area contributed by atoms with Crippen LogP contribution in [0.4, 0.5) is 0 Å². The lowest BCUT2D eigenvalue weighted by Crippen LogP contribution is -2.30. The fraction of sp³-hybridized carbons (Fsp3) is 0.701. The van der Waals surface area contributed by atoms with Gasteiger partial charge >= 0.3 is 11.9 Å². The third-order valence-electron chi connectivity index (χ3n) is 12.8. The van der Waals surface area contributed by atoms with Crippen molar-refractivity contribution in [3.05, 3.63) is 109 Å². The van der Waals surface area contributed by atoms with Gasteiger partial charge in [0.05, 0.1) is 6.61 Å². The molecule has 72 heavy (non-hydrogen) atoms. The summed E-state index contributed by atoms with van der Waals surface area (Å²) in [6, 6.07) is 0. The zero-order valence-corrected chi connectivity index (χ0v) is 47.4. The Labute approximate surface area is 446 Å². The van der Waals surface area contributed by atoms with Crippen molar-refractivity contribution in [3.63, 3.8) is 0 Å². The van der Waals surface area contributed by atoms with Gasteiger partial charge in [-0.2, -0.15) is 0 Å². The van der Waals surface area contributed by atoms with Gasteiger partial charge in [-0.25, -0.2) is 0 Å². The molecule has 5 nitrogen and oxygen atoms in total. The first-order valence-electron chi connectivity index (χ1n) is 30.4. The summed E-state index contributed by atoms with van der Waals surface area (Å²) in [5, 5.41) is 0. The van der Waals surface area contributed by atoms with Crippen molar-refractivity contribution in [2.45, 2.75) is 284 Å². The minimum atomic E-state index is -0.564. The van der Waals surface area contributed by atoms with Crippen LogP contribution < -0.4 is 0 Å². The topological polar surface area (TPSA) is 61.8 Å². The first-order valence-corrected chi connectivity index (χ1v) is 30.4. The summed E-state index contributed by atoms with van der Waals surface area (Å²) in [6.07, 6.45) is 85.4. The van der Waals surface area contributed by atoms with Gasteiger partial charge < -0.3 is 14.2 Å². The third-order valence-corrected chi connectivity index (χ3v) is 12.8. The smallest absolute Gasteiger partial charge is 0.306 e. The summed E-state index contributed by atoms with van der Waals surface area (Å²) in [5.41, 5.74) is 0. The van der Waals surface area contributed by atoms with Crippen molar-refractivity contribution in [2.24, 2.45) is 0 Å². The molecule has 0 fully saturated rings. The van der Waals surface area contributed by atoms with E-state index in [0.717, 1.165) is 103 Å². The Kier molecular flexibility index (Phi) is 58.9. The highest BCUT2D eigenvalue weighted by Crippen LogP contribution is 2.15. The summed E-state index contributed by atoms with van der Waals surface area (Å²) in [4.78, 5) is 25.6. The average Bonchev–Trinajstić information content (AvgIpc) is 3.38. The van der Waals surface area contributed by atoms with E-state index in [9.17, 15) is 9.59 Å². The lowest BCUT2D eigenvalue weighted by molar-refractivity contribution is -0.163. The minimum Gasteiger partial charge on any atom is -0.462 e. The molecule has 412 valence electrons. The number of carbonyl (C=O) groups excluding carboxylic acids is 2. The minimum absolute atomic E-state index is 0.0589. The number of esters is 2. The standard InChI is InChI=1S/C67H114O5/c1-4-7-10-13-16-19-22-25-28-31-34-36-39-42-45-48-51-54-57-60-66(68)71-64-65(63-70-62-59-56-53-50-47-44-41-38-33-30-27-24-21-18-15-12-9-6-3)72-67(69)61-58-55-52-49-46-43-40-37-35-32-29-26-23-20-17-14-11-8-5-2/h7,10,16-21,25-30,34,36,42,45,65H,4-6,8-9,11-15,22-24,31-33,35,37-41,43-44,46-64H2,1-3H3/b10-7-,19-16-,20-17-,21-18-,28-25-,29-26-,30-27-,36-34-,45-42-. The van der Waals surface area contributed by atoms with E-state index < -0.39 is 6.10 Å². The number of allylic oxidation sites excluding steroid dienone is 18. The number of ether oxygens (including phenoxy) is 3. The van der Waals surface area contributed by atoms with Gasteiger partial charge in [0, 0.05) is 19.4 Å². The number of hydrogen-bond donors (Lipinski definition) is 0. The predicted octanol–water partition coefficient (Wildman–Crippen LogP) is 21.1. The van der Waals surface area contributed by atoms with E-state index in [1.54, 1.807) is 0 Å². The highest BCUT2D eigenvalue weighted by molar-refractivity contribution is 5.70. The van der Waals surface area contributed by atoms with Crippen LogP contribution in [0.15, 0.2) is 109 Å². The molecule has 0 aliphatic rings. The number of carbonyl (C=O) groups is 2. The maximum atomic E-state index is 12.9. The van der Waals surface area contributed by atoms with E-state index in [1.165, 1.54) is 141 Å². The molecule has 0 aromatic heterocycles. The second-order valence-corrected chi connectivity index (χ2v) is 19.9. The first kappa shape index (κ1) is 68.6. The molecular formula is C67H114O5. The Hall–Kier alpha value is -3.44. The van der Waals surface area contributed by atoms with Crippen LogP contribution >= 0.6 is 0 Å². The van der Waals surface area contributed by atoms with Crippen molar-refractivity contribution in [1.29, 1.82) is 0 Å². The number of unbranched alkanes of at least 4 members (excludes halogenated alkanes) is 26. The van der Waals surface area contributed by atoms with Crippen molar-refractivity contribution in [3.8, 4) is 0 Å². The molecule has 0 aliphatic carbocycles. The molecule has 0 amide bonds. The molecule has 1 atom stereocenters. The molecule has 0 aromatic carbocycles. The zero-order valence-electron chi connectivity index (χ0n) is 47.4. The van der Waals surface area contributed by atoms with Crippen molar-refractivity contribution in [1.82, 2.24) is 0 Å². The van der Waals surface area contributed by atoms with Crippen LogP contribution in [0.25, 0.3) is 0 Å². The van der Waals surface area contributed by atoms with E-state index in [-0.39, 0.29) is 25.2 Å². The maximum absolute atomic E-state index is 12.9. The van der Waals surface area contributed by atoms with E-state index >= 15 is 0 Å². The van der Waals surface area contributed by atoms with E-state index in [1.807, 2.05) is 0 Å². The van der Waals surface area contributed by atoms with Crippen LogP contribution in [0.1, 0.15) is 278 Å². The number of rotatable bonds is 55. The summed E-state index contributed by atoms with van der Waals surface area (Å²) in [5.74, 6) is -0.440. The Morgan fingerprint density at radius 1 is 0.319 bits per heavy atom. The van der Waals surface area contributed by atoms with Crippen LogP contribution in [0.2, 0.25) is 0 Å². The number of hydrogen-bond acceptors (Lipinski definition) is 5. The monoisotopic (exact) mass is 999 g/mol. The van der Waals surface area contributed by atoms with Crippen LogP contribution in [-0.2, 0) is 23.8 Å². The second kappa shape index (κ2) is 61.9. The van der Waals surface area contributed by atoms with Crippen molar-refractivity contribution < 1.29 is 23.8 Å². The molecule has 0 saturated carbocycles. The molecule has 1 unspecified atom stereocenters. The van der Waals surface area contributed by atoms with Gasteiger partial charge in [0.2, 0.25) is 0 Å². The van der Waals surface area contributed by atoms with Crippen LogP contribution in [-0.4, -0.2) is 37.9 Å². The average molecular weight is 1000 g/mol. The van der Waals surface area contributed by atoms with Crippen molar-refractivity contribution in [2.75, 3.05) is 19.8 Å². The molecule has 0 saturated heterocycles. The molecule has 0 radical (unpaired) electrons. The van der Waals surface area contributed by atoms with Crippen LogP contribution in [0, 0.1) is 0 Å². The molecular weight excluding hydrogens is 885 g/mol. The van der Waals surface area contributed by atoms with Gasteiger partial charge in [-0.05, 0) is 128 Å². The van der Waals surface area contributed by atoms with Gasteiger partial charge in [-0.1, -0.05) is 246 Å². The zero-order chi connectivity index (χ0) is 52.0. The van der Waals surface area contributed by atoms with Gasteiger partial charge in [-0.15, -0.1) is 0 Å². The summed E-state index contributed by atoms with van der Waals surface area (Å²) in [6.45, 7) is 7.63. The van der Waals surface area contributed by atoms with Crippen LogP contribution in [0.3, 0.4) is 0 Å². The van der Waals surface area contributed by atoms with Gasteiger partial charge in [-0.3, -0.25) is 9.59 Å². The van der Waals surface area contributed by atoms with Gasteiger partial charge in [0.1, 0.15) is 6.61 Å². The van der Waals surface area contributed by atoms with E-state index in [2.05, 4.69) is 130 Å². The molecule has 0 heterocycles. The maximum Gasteiger partial charge on any atom is 0.306 e. The predicted molar refractivity (Wildman–Crippen MR) is 316 cm³/mol. The lowest BCUT2D eigenvalue weighted by Gasteiger charge is -2.18. The lowest BCUT2D eigenvalue weighted by atomic mass is 10.1. The van der Waals surface area contributed by atoms with E-state index in [4.69, 9.17) is 14.2 Å². The summed E-state index contributed by atoms with van der Waals surface area (Å²) < 4.78 is 17.5. The van der Waals surface area contributed by atoms with Gasteiger partial charge in [0.25, 0.3) is 0 Å². The molecule has 5 heteroatoms. The fourth-order valence-electron chi connectivity index (χ4n) is 8.24. The molecule has 0 bridgehead atoms. The molecule has 0 rings (SSSR count). The Morgan fingerprint density at radius 2 is 0.625 bits per heavy atom. The summed E-state index contributed by atoms with van der Waals surface area (Å²) >= 11 is 0. The normalized spacial score (nSPS) is 13.0. The largest absolute Gasteiger partial charge is 0.462 e. The summed E-state index contributed by atoms with van der Waals surface area (Å²) in [7, 11) is 0. The Morgan fingerprint density at radius 3 is 1.01 bits per heavy atom. The first-order chi connectivity index (χ1) is 35.6. The SMILES string of the molecule is CC/C=C\C/C=C\C/C=C\C/C=C\C/C=C\CCCCCC(=O)OCC(COCCCCCCCCCC/C=C\C/C=C\CCCCC)OC(=O)CCCCCCCCCCC/C=C\C/C=C\CCCCC. The van der Waals surface area contributed by atoms with Gasteiger partial charge in [0.15, 0.2) is 6.10 Å². The highest BCUT2D eigenvalue weighted by Gasteiger charge is 2.17. The molecule has 0 spiro atoms. The Balaban J connectivity index is 4.37. The second-order valence-electron chi connectivity index (χ2n) is 19.9. The highest BCUT2D eigenvalue weighted by atomic mass is 16.6. The molecule has 0 N–H and O–H groups in total. The molecule has 0 aromatic rings. The Bertz CT molecular complexity index is 1410. The third kappa shape index (κ3) is 59.1. The molecule has 0 aliphatic heterocycles. The fourth-order valence-corrected chi connectivity index (χ4v) is 8.24. The quantitative estimate of drug-likeness (QED) is 0.0345. The van der Waals surface area contributed by atoms with Crippen molar-refractivity contribution >= 4 is 11.9 Å². The van der Waals surface area contributed by atoms with Crippen LogP contribution in [0.5, 0.6) is 0 Å². The van der Waals surface area contributed by atoms with E-state index in [0.29, 0.717) is 19.4 Å².